The third kappa shape index (κ3) is 11.1. The quantitative estimate of drug-likeness (QED) is 0.561. The summed E-state index contributed by atoms with van der Waals surface area (Å²) in [4.78, 5) is 0. The maximum absolute atomic E-state index is 3.66. The molecule has 0 aromatic rings. The molecule has 0 aromatic heterocycles. The smallest absolute Gasteiger partial charge is 0.0261 e. The zero-order chi connectivity index (χ0) is 7.70. The first-order valence-electron chi connectivity index (χ1n) is 3.30. The molecule has 0 heterocycles. The van der Waals surface area contributed by atoms with Crippen molar-refractivity contribution in [3.05, 3.63) is 24.4 Å². The first-order valence-corrected chi connectivity index (χ1v) is 3.30. The van der Waals surface area contributed by atoms with Gasteiger partial charge in [0, 0.05) is 12.7 Å². The normalized spacial score (nSPS) is 8.00. The SMILES string of the molecule is C=C(/C=C/C)NC.CC. The second-order valence-electron chi connectivity index (χ2n) is 1.28. The number of likely N-dealkylation sites (N-methyl/N-ethyl adjacent to an activating group) is 1. The van der Waals surface area contributed by atoms with Crippen molar-refractivity contribution in [1.29, 1.82) is 0 Å². The van der Waals surface area contributed by atoms with Crippen LogP contribution in [0.25, 0.3) is 0 Å². The molecule has 0 spiro atoms. The van der Waals surface area contributed by atoms with Gasteiger partial charge < -0.3 is 5.32 Å². The minimum atomic E-state index is 0.947. The van der Waals surface area contributed by atoms with Crippen molar-refractivity contribution in [3.63, 3.8) is 0 Å². The van der Waals surface area contributed by atoms with Crippen LogP contribution in [-0.2, 0) is 0 Å². The number of allylic oxidation sites excluding steroid dienone is 2. The van der Waals surface area contributed by atoms with Crippen molar-refractivity contribution < 1.29 is 0 Å². The maximum Gasteiger partial charge on any atom is 0.0261 e. The summed E-state index contributed by atoms with van der Waals surface area (Å²) in [6.07, 6.45) is 3.86. The van der Waals surface area contributed by atoms with E-state index in [1.807, 2.05) is 40.0 Å². The Bertz CT molecular complexity index is 82.6. The lowest BCUT2D eigenvalue weighted by molar-refractivity contribution is 1.04. The molecular formula is C8H17N. The molecule has 0 atom stereocenters. The number of nitrogens with one attached hydrogen (secondary N) is 1. The highest BCUT2D eigenvalue weighted by atomic mass is 14.8. The summed E-state index contributed by atoms with van der Waals surface area (Å²) < 4.78 is 0. The van der Waals surface area contributed by atoms with Crippen molar-refractivity contribution in [1.82, 2.24) is 5.32 Å². The van der Waals surface area contributed by atoms with E-state index in [9.17, 15) is 0 Å². The van der Waals surface area contributed by atoms with E-state index in [1.165, 1.54) is 0 Å². The van der Waals surface area contributed by atoms with Crippen LogP contribution in [0.4, 0.5) is 0 Å². The second-order valence-corrected chi connectivity index (χ2v) is 1.28. The lowest BCUT2D eigenvalue weighted by Gasteiger charge is -1.91. The Labute approximate surface area is 58.5 Å². The average molecular weight is 127 g/mol. The van der Waals surface area contributed by atoms with Gasteiger partial charge in [0.05, 0.1) is 0 Å². The van der Waals surface area contributed by atoms with E-state index in [0.717, 1.165) is 5.70 Å². The van der Waals surface area contributed by atoms with Crippen molar-refractivity contribution in [2.45, 2.75) is 20.8 Å². The molecule has 0 saturated heterocycles. The summed E-state index contributed by atoms with van der Waals surface area (Å²) in [5, 5.41) is 2.88. The molecule has 0 aliphatic carbocycles. The third-order valence-corrected chi connectivity index (χ3v) is 0.689. The molecule has 9 heavy (non-hydrogen) atoms. The Hall–Kier alpha value is -0.720. The largest absolute Gasteiger partial charge is 0.389 e. The van der Waals surface area contributed by atoms with Gasteiger partial charge in [-0.3, -0.25) is 0 Å². The summed E-state index contributed by atoms with van der Waals surface area (Å²) in [7, 11) is 1.85. The van der Waals surface area contributed by atoms with Gasteiger partial charge in [0.25, 0.3) is 0 Å². The van der Waals surface area contributed by atoms with Gasteiger partial charge in [-0.05, 0) is 13.0 Å². The third-order valence-electron chi connectivity index (χ3n) is 0.689. The molecule has 0 aromatic carbocycles. The molecule has 0 amide bonds. The monoisotopic (exact) mass is 127 g/mol. The first kappa shape index (κ1) is 11.1. The topological polar surface area (TPSA) is 12.0 Å². The van der Waals surface area contributed by atoms with Crippen LogP contribution < -0.4 is 5.32 Å². The standard InChI is InChI=1S/C6H11N.C2H6/c1-4-5-6(2)7-3;1-2/h4-5,7H,2H2,1,3H3;1-2H3/b5-4+;. The van der Waals surface area contributed by atoms with E-state index in [0.29, 0.717) is 0 Å². The predicted octanol–water partition coefficient (Wildman–Crippen LogP) is 2.32. The highest BCUT2D eigenvalue weighted by Crippen LogP contribution is 1.81. The van der Waals surface area contributed by atoms with Gasteiger partial charge in [-0.15, -0.1) is 0 Å². The van der Waals surface area contributed by atoms with Gasteiger partial charge in [0.15, 0.2) is 0 Å². The molecule has 0 fully saturated rings. The van der Waals surface area contributed by atoms with Crippen LogP contribution in [0.5, 0.6) is 0 Å². The fourth-order valence-corrected chi connectivity index (χ4v) is 0.285. The maximum atomic E-state index is 3.66. The summed E-state index contributed by atoms with van der Waals surface area (Å²) in [6.45, 7) is 9.63. The highest BCUT2D eigenvalue weighted by molar-refractivity contribution is 5.09. The van der Waals surface area contributed by atoms with E-state index in [-0.39, 0.29) is 0 Å². The van der Waals surface area contributed by atoms with Crippen LogP contribution in [0.3, 0.4) is 0 Å². The molecule has 0 radical (unpaired) electrons. The molecule has 0 aliphatic rings. The Balaban J connectivity index is 0. The van der Waals surface area contributed by atoms with E-state index in [2.05, 4.69) is 11.9 Å². The van der Waals surface area contributed by atoms with E-state index >= 15 is 0 Å². The highest BCUT2D eigenvalue weighted by Gasteiger charge is 1.71. The van der Waals surface area contributed by atoms with Crippen LogP contribution in [-0.4, -0.2) is 7.05 Å². The Morgan fingerprint density at radius 3 is 2.00 bits per heavy atom. The lowest BCUT2D eigenvalue weighted by atomic mass is 10.4. The number of hydrogen-bond donors (Lipinski definition) is 1. The molecule has 1 heteroatoms. The Morgan fingerprint density at radius 1 is 1.44 bits per heavy atom. The minimum absolute atomic E-state index is 0.947. The molecule has 1 nitrogen and oxygen atoms in total. The molecule has 54 valence electrons. The number of hydrogen-bond acceptors (Lipinski definition) is 1. The fourth-order valence-electron chi connectivity index (χ4n) is 0.285. The molecule has 0 aliphatic heterocycles. The van der Waals surface area contributed by atoms with Gasteiger partial charge in [0.1, 0.15) is 0 Å². The van der Waals surface area contributed by atoms with Gasteiger partial charge in [0.2, 0.25) is 0 Å². The van der Waals surface area contributed by atoms with Gasteiger partial charge >= 0.3 is 0 Å². The van der Waals surface area contributed by atoms with Crippen LogP contribution in [0.15, 0.2) is 24.4 Å². The van der Waals surface area contributed by atoms with Gasteiger partial charge in [-0.2, -0.15) is 0 Å². The summed E-state index contributed by atoms with van der Waals surface area (Å²) in [5.74, 6) is 0. The van der Waals surface area contributed by atoms with Crippen LogP contribution in [0.2, 0.25) is 0 Å². The zero-order valence-electron chi connectivity index (χ0n) is 6.86. The molecule has 0 bridgehead atoms. The van der Waals surface area contributed by atoms with Gasteiger partial charge in [-0.25, -0.2) is 0 Å². The summed E-state index contributed by atoms with van der Waals surface area (Å²) >= 11 is 0. The average Bonchev–Trinajstić information content (AvgIpc) is 1.93. The molecule has 0 rings (SSSR count). The first-order chi connectivity index (χ1) is 4.31. The lowest BCUT2D eigenvalue weighted by Crippen LogP contribution is -1.99. The van der Waals surface area contributed by atoms with Crippen LogP contribution in [0, 0.1) is 0 Å². The molecule has 0 unspecified atom stereocenters. The van der Waals surface area contributed by atoms with E-state index < -0.39 is 0 Å². The number of rotatable bonds is 2. The fraction of sp³-hybridized carbons (Fsp3) is 0.500. The summed E-state index contributed by atoms with van der Waals surface area (Å²) in [5.41, 5.74) is 0.947. The molecular weight excluding hydrogens is 110 g/mol. The van der Waals surface area contributed by atoms with Crippen LogP contribution in [0.1, 0.15) is 20.8 Å². The predicted molar refractivity (Wildman–Crippen MR) is 44.4 cm³/mol. The van der Waals surface area contributed by atoms with E-state index in [4.69, 9.17) is 0 Å². The Kier molecular flexibility index (Phi) is 12.7. The minimum Gasteiger partial charge on any atom is -0.389 e. The molecule has 0 saturated carbocycles. The van der Waals surface area contributed by atoms with Crippen LogP contribution >= 0.6 is 0 Å². The zero-order valence-corrected chi connectivity index (χ0v) is 6.86. The summed E-state index contributed by atoms with van der Waals surface area (Å²) in [6, 6.07) is 0. The van der Waals surface area contributed by atoms with Crippen molar-refractivity contribution in [2.24, 2.45) is 0 Å². The van der Waals surface area contributed by atoms with Gasteiger partial charge in [-0.1, -0.05) is 26.5 Å². The Morgan fingerprint density at radius 2 is 1.89 bits per heavy atom. The van der Waals surface area contributed by atoms with Crippen molar-refractivity contribution in [3.8, 4) is 0 Å². The van der Waals surface area contributed by atoms with Crippen molar-refractivity contribution in [2.75, 3.05) is 7.05 Å². The molecule has 1 N–H and O–H groups in total. The van der Waals surface area contributed by atoms with E-state index in [1.54, 1.807) is 0 Å². The second kappa shape index (κ2) is 10.3. The van der Waals surface area contributed by atoms with Crippen molar-refractivity contribution >= 4 is 0 Å².